The number of anilines is 1. The second kappa shape index (κ2) is 5.89. The van der Waals surface area contributed by atoms with Gasteiger partial charge in [-0.25, -0.2) is 0 Å². The molecule has 0 bridgehead atoms. The fraction of sp³-hybridized carbons (Fsp3) is 0.533. The maximum absolute atomic E-state index is 11.4. The van der Waals surface area contributed by atoms with E-state index in [0.29, 0.717) is 13.0 Å². The van der Waals surface area contributed by atoms with E-state index >= 15 is 0 Å². The van der Waals surface area contributed by atoms with E-state index in [2.05, 4.69) is 6.07 Å². The first-order valence-corrected chi connectivity index (χ1v) is 6.76. The molecule has 2 rings (SSSR count). The molecule has 0 atom stereocenters. The van der Waals surface area contributed by atoms with E-state index in [1.54, 1.807) is 0 Å². The summed E-state index contributed by atoms with van der Waals surface area (Å²) in [6.07, 6.45) is 5.91. The lowest BCUT2D eigenvalue weighted by Gasteiger charge is -2.20. The van der Waals surface area contributed by atoms with Gasteiger partial charge in [-0.1, -0.05) is 0 Å². The van der Waals surface area contributed by atoms with Crippen molar-refractivity contribution in [3.63, 3.8) is 0 Å². The molecule has 1 aromatic carbocycles. The predicted octanol–water partition coefficient (Wildman–Crippen LogP) is 2.64. The van der Waals surface area contributed by atoms with Gasteiger partial charge in [-0.05, 0) is 67.9 Å². The Morgan fingerprint density at radius 1 is 1.33 bits per heavy atom. The lowest BCUT2D eigenvalue weighted by Crippen LogP contribution is -2.10. The Morgan fingerprint density at radius 3 is 2.89 bits per heavy atom. The summed E-state index contributed by atoms with van der Waals surface area (Å²) in [6.45, 7) is 2.29. The Hall–Kier alpha value is -1.51. The van der Waals surface area contributed by atoms with E-state index in [1.807, 2.05) is 13.0 Å². The van der Waals surface area contributed by atoms with Gasteiger partial charge in [0.2, 0.25) is 0 Å². The van der Waals surface area contributed by atoms with Gasteiger partial charge in [0.05, 0.1) is 6.61 Å². The maximum atomic E-state index is 11.4. The summed E-state index contributed by atoms with van der Waals surface area (Å²) in [5, 5.41) is 0. The molecule has 18 heavy (non-hydrogen) atoms. The predicted molar refractivity (Wildman–Crippen MR) is 72.5 cm³/mol. The number of hydrogen-bond donors (Lipinski definition) is 1. The number of nitrogens with two attached hydrogens (primary N) is 1. The van der Waals surface area contributed by atoms with Crippen LogP contribution in [0.3, 0.4) is 0 Å². The number of nitrogen functional groups attached to an aromatic ring is 1. The van der Waals surface area contributed by atoms with Crippen LogP contribution in [-0.2, 0) is 28.8 Å². The molecule has 0 saturated heterocycles. The molecule has 1 aliphatic rings. The van der Waals surface area contributed by atoms with Gasteiger partial charge >= 0.3 is 5.97 Å². The third-order valence-electron chi connectivity index (χ3n) is 3.48. The molecule has 1 aliphatic carbocycles. The lowest BCUT2D eigenvalue weighted by atomic mass is 9.86. The topological polar surface area (TPSA) is 52.3 Å². The zero-order valence-electron chi connectivity index (χ0n) is 11.0. The first-order valence-electron chi connectivity index (χ1n) is 6.76. The van der Waals surface area contributed by atoms with E-state index in [1.165, 1.54) is 29.5 Å². The van der Waals surface area contributed by atoms with Crippen LogP contribution in [0.4, 0.5) is 5.69 Å². The number of esters is 1. The quantitative estimate of drug-likeness (QED) is 0.657. The van der Waals surface area contributed by atoms with Crippen LogP contribution >= 0.6 is 0 Å². The molecule has 0 aromatic heterocycles. The Bertz CT molecular complexity index is 440. The summed E-state index contributed by atoms with van der Waals surface area (Å²) in [7, 11) is 0. The van der Waals surface area contributed by atoms with E-state index in [0.717, 1.165) is 24.9 Å². The van der Waals surface area contributed by atoms with Crippen LogP contribution in [0.15, 0.2) is 12.1 Å². The van der Waals surface area contributed by atoms with Crippen LogP contribution < -0.4 is 5.73 Å². The summed E-state index contributed by atoms with van der Waals surface area (Å²) >= 11 is 0. The third kappa shape index (κ3) is 3.03. The Kier molecular flexibility index (Phi) is 4.24. The molecule has 0 aliphatic heterocycles. The van der Waals surface area contributed by atoms with Gasteiger partial charge in [0.1, 0.15) is 0 Å². The van der Waals surface area contributed by atoms with E-state index in [-0.39, 0.29) is 5.97 Å². The van der Waals surface area contributed by atoms with Crippen LogP contribution in [0.2, 0.25) is 0 Å². The Morgan fingerprint density at radius 2 is 2.11 bits per heavy atom. The molecule has 3 nitrogen and oxygen atoms in total. The highest BCUT2D eigenvalue weighted by Crippen LogP contribution is 2.28. The normalized spacial score (nSPS) is 14.1. The number of rotatable bonds is 4. The summed E-state index contributed by atoms with van der Waals surface area (Å²) in [5.41, 5.74) is 10.8. The van der Waals surface area contributed by atoms with Crippen molar-refractivity contribution in [3.05, 3.63) is 28.8 Å². The van der Waals surface area contributed by atoms with E-state index < -0.39 is 0 Å². The van der Waals surface area contributed by atoms with Crippen molar-refractivity contribution in [2.75, 3.05) is 12.3 Å². The maximum Gasteiger partial charge on any atom is 0.306 e. The molecule has 1 aromatic rings. The fourth-order valence-corrected chi connectivity index (χ4v) is 2.68. The molecule has 0 amide bonds. The first kappa shape index (κ1) is 12.9. The highest BCUT2D eigenvalue weighted by Gasteiger charge is 2.15. The van der Waals surface area contributed by atoms with Crippen molar-refractivity contribution in [3.8, 4) is 0 Å². The summed E-state index contributed by atoms with van der Waals surface area (Å²) < 4.78 is 4.97. The minimum Gasteiger partial charge on any atom is -0.466 e. The molecule has 0 fully saturated rings. The van der Waals surface area contributed by atoms with Crippen LogP contribution in [0.1, 0.15) is 42.9 Å². The number of hydrogen-bond acceptors (Lipinski definition) is 3. The second-order valence-corrected chi connectivity index (χ2v) is 4.83. The fourth-order valence-electron chi connectivity index (χ4n) is 2.68. The Labute approximate surface area is 108 Å². The van der Waals surface area contributed by atoms with Gasteiger partial charge < -0.3 is 10.5 Å². The molecule has 0 saturated carbocycles. The molecule has 0 heterocycles. The van der Waals surface area contributed by atoms with Gasteiger partial charge in [0, 0.05) is 12.1 Å². The van der Waals surface area contributed by atoms with Crippen molar-refractivity contribution >= 4 is 11.7 Å². The number of benzene rings is 1. The first-order chi connectivity index (χ1) is 8.70. The second-order valence-electron chi connectivity index (χ2n) is 4.83. The molecular weight excluding hydrogens is 226 g/mol. The highest BCUT2D eigenvalue weighted by molar-refractivity contribution is 5.70. The summed E-state index contributed by atoms with van der Waals surface area (Å²) in [5.74, 6) is -0.121. The molecule has 98 valence electrons. The number of fused-ring (bicyclic) bond motifs is 1. The van der Waals surface area contributed by atoms with Crippen molar-refractivity contribution in [1.29, 1.82) is 0 Å². The zero-order valence-corrected chi connectivity index (χ0v) is 11.0. The standard InChI is InChI=1S/C15H21NO2/c1-2-18-15(17)8-7-12-10-13(16)9-11-5-3-4-6-14(11)12/h9-10H,2-8,16H2,1H3. The average molecular weight is 247 g/mol. The highest BCUT2D eigenvalue weighted by atomic mass is 16.5. The van der Waals surface area contributed by atoms with Crippen molar-refractivity contribution in [2.45, 2.75) is 45.4 Å². The van der Waals surface area contributed by atoms with Gasteiger partial charge in [-0.2, -0.15) is 0 Å². The van der Waals surface area contributed by atoms with Crippen LogP contribution in [-0.4, -0.2) is 12.6 Å². The minimum atomic E-state index is -0.121. The molecule has 0 unspecified atom stereocenters. The molecular formula is C15H21NO2. The van der Waals surface area contributed by atoms with Crippen molar-refractivity contribution in [2.24, 2.45) is 0 Å². The number of carbonyl (C=O) groups is 1. The van der Waals surface area contributed by atoms with Crippen molar-refractivity contribution in [1.82, 2.24) is 0 Å². The molecule has 3 heteroatoms. The number of aryl methyl sites for hydroxylation is 2. The van der Waals surface area contributed by atoms with Gasteiger partial charge in [0.25, 0.3) is 0 Å². The minimum absolute atomic E-state index is 0.121. The number of carbonyl (C=O) groups excluding carboxylic acids is 1. The summed E-state index contributed by atoms with van der Waals surface area (Å²) in [4.78, 5) is 11.4. The monoisotopic (exact) mass is 247 g/mol. The van der Waals surface area contributed by atoms with Crippen molar-refractivity contribution < 1.29 is 9.53 Å². The Balaban J connectivity index is 2.12. The molecule has 0 radical (unpaired) electrons. The summed E-state index contributed by atoms with van der Waals surface area (Å²) in [6, 6.07) is 4.10. The third-order valence-corrected chi connectivity index (χ3v) is 3.48. The van der Waals surface area contributed by atoms with Gasteiger partial charge in [-0.15, -0.1) is 0 Å². The van der Waals surface area contributed by atoms with Gasteiger partial charge in [0.15, 0.2) is 0 Å². The van der Waals surface area contributed by atoms with E-state index in [4.69, 9.17) is 10.5 Å². The molecule has 0 spiro atoms. The molecule has 2 N–H and O–H groups in total. The van der Waals surface area contributed by atoms with Crippen LogP contribution in [0.25, 0.3) is 0 Å². The largest absolute Gasteiger partial charge is 0.466 e. The van der Waals surface area contributed by atoms with Crippen LogP contribution in [0, 0.1) is 0 Å². The van der Waals surface area contributed by atoms with Crippen LogP contribution in [0.5, 0.6) is 0 Å². The smallest absolute Gasteiger partial charge is 0.306 e. The van der Waals surface area contributed by atoms with Gasteiger partial charge in [-0.3, -0.25) is 4.79 Å². The zero-order chi connectivity index (χ0) is 13.0. The van der Waals surface area contributed by atoms with E-state index in [9.17, 15) is 4.79 Å². The average Bonchev–Trinajstić information content (AvgIpc) is 2.36. The lowest BCUT2D eigenvalue weighted by molar-refractivity contribution is -0.143. The SMILES string of the molecule is CCOC(=O)CCc1cc(N)cc2c1CCCC2. The number of ether oxygens (including phenoxy) is 1.